The second kappa shape index (κ2) is 5.25. The predicted molar refractivity (Wildman–Crippen MR) is 63.9 cm³/mol. The van der Waals surface area contributed by atoms with Crippen molar-refractivity contribution < 1.29 is 17.9 Å². The van der Waals surface area contributed by atoms with Crippen molar-refractivity contribution in [1.29, 1.82) is 0 Å². The van der Waals surface area contributed by atoms with Crippen LogP contribution in [0, 0.1) is 0 Å². The Balaban J connectivity index is 2.03. The van der Waals surface area contributed by atoms with E-state index in [1.54, 1.807) is 12.1 Å². The van der Waals surface area contributed by atoms with E-state index >= 15 is 0 Å². The summed E-state index contributed by atoms with van der Waals surface area (Å²) < 4.78 is 33.0. The van der Waals surface area contributed by atoms with Crippen molar-refractivity contribution in [2.45, 2.75) is 23.8 Å². The fraction of sp³-hybridized carbons (Fsp3) is 0.455. The fourth-order valence-electron chi connectivity index (χ4n) is 1.68. The van der Waals surface area contributed by atoms with Crippen molar-refractivity contribution >= 4 is 19.7 Å². The Morgan fingerprint density at radius 2 is 2.00 bits per heavy atom. The summed E-state index contributed by atoms with van der Waals surface area (Å²) in [5.41, 5.74) is 0. The van der Waals surface area contributed by atoms with Crippen molar-refractivity contribution in [3.05, 3.63) is 24.3 Å². The van der Waals surface area contributed by atoms with Crippen molar-refractivity contribution in [3.8, 4) is 5.75 Å². The van der Waals surface area contributed by atoms with Gasteiger partial charge in [-0.3, -0.25) is 0 Å². The molecule has 1 heterocycles. The second-order valence-electron chi connectivity index (χ2n) is 3.87. The maximum atomic E-state index is 11.0. The molecule has 17 heavy (non-hydrogen) atoms. The molecule has 94 valence electrons. The first-order valence-electron chi connectivity index (χ1n) is 5.35. The Labute approximate surface area is 105 Å². The van der Waals surface area contributed by atoms with Gasteiger partial charge in [-0.25, -0.2) is 8.42 Å². The Hall–Kier alpha value is -0.780. The van der Waals surface area contributed by atoms with Crippen molar-refractivity contribution in [3.63, 3.8) is 0 Å². The quantitative estimate of drug-likeness (QED) is 0.794. The van der Waals surface area contributed by atoms with Crippen LogP contribution in [0.4, 0.5) is 0 Å². The normalized spacial score (nSPS) is 21.1. The van der Waals surface area contributed by atoms with Gasteiger partial charge in [-0.1, -0.05) is 0 Å². The number of ether oxygens (including phenoxy) is 2. The number of benzene rings is 1. The van der Waals surface area contributed by atoms with E-state index in [0.29, 0.717) is 12.4 Å². The third-order valence-electron chi connectivity index (χ3n) is 2.53. The highest BCUT2D eigenvalue weighted by molar-refractivity contribution is 8.13. The molecule has 1 aliphatic rings. The van der Waals surface area contributed by atoms with Gasteiger partial charge in [0.2, 0.25) is 0 Å². The molecule has 1 aromatic rings. The Morgan fingerprint density at radius 1 is 1.29 bits per heavy atom. The summed E-state index contributed by atoms with van der Waals surface area (Å²) >= 11 is 0. The van der Waals surface area contributed by atoms with Crippen molar-refractivity contribution in [2.75, 3.05) is 13.2 Å². The molecule has 0 spiro atoms. The molecule has 1 aliphatic heterocycles. The molecule has 0 N–H and O–H groups in total. The van der Waals surface area contributed by atoms with Gasteiger partial charge in [0.15, 0.2) is 0 Å². The van der Waals surface area contributed by atoms with E-state index in [4.69, 9.17) is 20.2 Å². The number of rotatable bonds is 3. The largest absolute Gasteiger partial charge is 0.488 e. The van der Waals surface area contributed by atoms with Crippen molar-refractivity contribution in [2.24, 2.45) is 0 Å². The van der Waals surface area contributed by atoms with Gasteiger partial charge in [-0.15, -0.1) is 0 Å². The zero-order valence-corrected chi connectivity index (χ0v) is 10.7. The maximum absolute atomic E-state index is 11.0. The SMILES string of the molecule is O=S(=O)(Cl)c1ccc(OC2CCCOC2)cc1. The molecule has 4 nitrogen and oxygen atoms in total. The van der Waals surface area contributed by atoms with E-state index in [0.717, 1.165) is 19.4 Å². The molecule has 0 aliphatic carbocycles. The van der Waals surface area contributed by atoms with Gasteiger partial charge in [-0.05, 0) is 37.1 Å². The van der Waals surface area contributed by atoms with Gasteiger partial charge in [-0.2, -0.15) is 0 Å². The van der Waals surface area contributed by atoms with E-state index in [9.17, 15) is 8.42 Å². The van der Waals surface area contributed by atoms with Crippen LogP contribution < -0.4 is 4.74 Å². The maximum Gasteiger partial charge on any atom is 0.261 e. The van der Waals surface area contributed by atoms with Crippen molar-refractivity contribution in [1.82, 2.24) is 0 Å². The molecule has 0 aromatic heterocycles. The standard InChI is InChI=1S/C11H13ClO4S/c12-17(13,14)11-5-3-9(4-6-11)16-10-2-1-7-15-8-10/h3-6,10H,1-2,7-8H2. The van der Waals surface area contributed by atoms with Gasteiger partial charge >= 0.3 is 0 Å². The molecule has 2 rings (SSSR count). The first kappa shape index (κ1) is 12.7. The highest BCUT2D eigenvalue weighted by Crippen LogP contribution is 2.21. The zero-order valence-electron chi connectivity index (χ0n) is 9.13. The van der Waals surface area contributed by atoms with Crippen LogP contribution in [-0.4, -0.2) is 27.7 Å². The Kier molecular flexibility index (Phi) is 3.91. The highest BCUT2D eigenvalue weighted by atomic mass is 35.7. The Morgan fingerprint density at radius 3 is 2.53 bits per heavy atom. The van der Waals surface area contributed by atoms with Crippen LogP contribution in [-0.2, 0) is 13.8 Å². The minimum absolute atomic E-state index is 0.0437. The van der Waals surface area contributed by atoms with Crippen LogP contribution in [0.2, 0.25) is 0 Å². The van der Waals surface area contributed by atoms with Crippen LogP contribution in [0.3, 0.4) is 0 Å². The summed E-state index contributed by atoms with van der Waals surface area (Å²) in [7, 11) is 1.55. The molecule has 1 unspecified atom stereocenters. The van der Waals surface area contributed by atoms with Gasteiger partial charge in [0, 0.05) is 17.3 Å². The lowest BCUT2D eigenvalue weighted by Gasteiger charge is -2.23. The van der Waals surface area contributed by atoms with Gasteiger partial charge in [0.05, 0.1) is 11.5 Å². The van der Waals surface area contributed by atoms with Crippen LogP contribution >= 0.6 is 10.7 Å². The lowest BCUT2D eigenvalue weighted by molar-refractivity contribution is 0.00741. The topological polar surface area (TPSA) is 52.6 Å². The smallest absolute Gasteiger partial charge is 0.261 e. The molecule has 0 bridgehead atoms. The average Bonchev–Trinajstić information content (AvgIpc) is 2.30. The van der Waals surface area contributed by atoms with E-state index < -0.39 is 9.05 Å². The third-order valence-corrected chi connectivity index (χ3v) is 3.90. The van der Waals surface area contributed by atoms with Crippen LogP contribution in [0.5, 0.6) is 5.75 Å². The molecule has 1 aromatic carbocycles. The lowest BCUT2D eigenvalue weighted by atomic mass is 10.2. The summed E-state index contributed by atoms with van der Waals surface area (Å²) in [6.07, 6.45) is 1.98. The van der Waals surface area contributed by atoms with E-state index in [-0.39, 0.29) is 11.0 Å². The second-order valence-corrected chi connectivity index (χ2v) is 6.43. The van der Waals surface area contributed by atoms with E-state index in [2.05, 4.69) is 0 Å². The molecule has 1 saturated heterocycles. The van der Waals surface area contributed by atoms with E-state index in [1.807, 2.05) is 0 Å². The van der Waals surface area contributed by atoms with Crippen LogP contribution in [0.15, 0.2) is 29.2 Å². The minimum atomic E-state index is -3.66. The average molecular weight is 277 g/mol. The van der Waals surface area contributed by atoms with Crippen LogP contribution in [0.1, 0.15) is 12.8 Å². The summed E-state index contributed by atoms with van der Waals surface area (Å²) in [5.74, 6) is 0.629. The minimum Gasteiger partial charge on any atom is -0.488 e. The molecule has 1 atom stereocenters. The predicted octanol–water partition coefficient (Wildman–Crippen LogP) is 2.17. The molecule has 0 radical (unpaired) electrons. The number of hydrogen-bond acceptors (Lipinski definition) is 4. The van der Waals surface area contributed by atoms with E-state index in [1.165, 1.54) is 12.1 Å². The molecule has 1 fully saturated rings. The summed E-state index contributed by atoms with van der Waals surface area (Å²) in [4.78, 5) is 0.0754. The molecule has 0 saturated carbocycles. The molecule has 6 heteroatoms. The molecular formula is C11H13ClO4S. The van der Waals surface area contributed by atoms with Gasteiger partial charge in [0.25, 0.3) is 9.05 Å². The summed E-state index contributed by atoms with van der Waals surface area (Å²) in [5, 5.41) is 0. The monoisotopic (exact) mass is 276 g/mol. The summed E-state index contributed by atoms with van der Waals surface area (Å²) in [6, 6.07) is 6.07. The third kappa shape index (κ3) is 3.59. The zero-order chi connectivity index (χ0) is 12.3. The first-order chi connectivity index (χ1) is 8.05. The highest BCUT2D eigenvalue weighted by Gasteiger charge is 2.16. The number of halogens is 1. The molecular weight excluding hydrogens is 264 g/mol. The van der Waals surface area contributed by atoms with Gasteiger partial charge in [0.1, 0.15) is 11.9 Å². The Bertz CT molecular complexity index is 463. The van der Waals surface area contributed by atoms with Gasteiger partial charge < -0.3 is 9.47 Å². The van der Waals surface area contributed by atoms with Crippen LogP contribution in [0.25, 0.3) is 0 Å². The first-order valence-corrected chi connectivity index (χ1v) is 7.66. The summed E-state index contributed by atoms with van der Waals surface area (Å²) in [6.45, 7) is 1.36. The lowest BCUT2D eigenvalue weighted by Crippen LogP contribution is -2.27. The fourth-order valence-corrected chi connectivity index (χ4v) is 2.45. The number of hydrogen-bond donors (Lipinski definition) is 0. The molecule has 0 amide bonds.